The van der Waals surface area contributed by atoms with Crippen molar-refractivity contribution in [3.05, 3.63) is 35.4 Å². The summed E-state index contributed by atoms with van der Waals surface area (Å²) in [5.74, 6) is -0.338. The summed E-state index contributed by atoms with van der Waals surface area (Å²) in [6.45, 7) is 11.3. The first-order chi connectivity index (χ1) is 15.9. The Labute approximate surface area is 205 Å². The minimum atomic E-state index is -0.797. The molecule has 1 aromatic rings. The molecular weight excluding hydrogens is 430 g/mol. The predicted molar refractivity (Wildman–Crippen MR) is 134 cm³/mol. The Hall–Kier alpha value is -2.57. The number of carbonyl (C=O) groups is 3. The Balaban J connectivity index is 2.31. The van der Waals surface area contributed by atoms with Crippen LogP contribution in [0.1, 0.15) is 90.3 Å². The Kier molecular flexibility index (Phi) is 9.95. The molecule has 3 amide bonds. The molecule has 1 fully saturated rings. The number of likely N-dealkylation sites (N-methyl/N-ethyl adjacent to an activating group) is 1. The summed E-state index contributed by atoms with van der Waals surface area (Å²) in [5.41, 5.74) is 1.05. The third kappa shape index (κ3) is 8.33. The molecule has 0 saturated heterocycles. The smallest absolute Gasteiger partial charge is 0.408 e. The summed E-state index contributed by atoms with van der Waals surface area (Å²) in [4.78, 5) is 41.2. The van der Waals surface area contributed by atoms with Gasteiger partial charge in [0.25, 0.3) is 0 Å². The molecule has 2 atom stereocenters. The van der Waals surface area contributed by atoms with Gasteiger partial charge in [0.15, 0.2) is 0 Å². The lowest BCUT2D eigenvalue weighted by Crippen LogP contribution is -2.53. The van der Waals surface area contributed by atoms with Gasteiger partial charge in [-0.3, -0.25) is 9.59 Å². The first-order valence-electron chi connectivity index (χ1n) is 12.5. The fourth-order valence-corrected chi connectivity index (χ4v) is 4.46. The summed E-state index contributed by atoms with van der Waals surface area (Å²) >= 11 is 0. The Bertz CT molecular complexity index is 841. The standard InChI is InChI=1S/C27H43N3O4/c1-18(2)17-22(29-26(33)34-27(4,5)6)25(32)30(7)23(21-16-12-11-13-19(21)3)24(31)28-20-14-9-8-10-15-20/h11-13,16,18,20,22-23H,8-10,14-15,17H2,1-7H3,(H,28,31)(H,29,33). The van der Waals surface area contributed by atoms with Crippen LogP contribution in [0.3, 0.4) is 0 Å². The normalized spacial score (nSPS) is 16.5. The topological polar surface area (TPSA) is 87.7 Å². The van der Waals surface area contributed by atoms with Crippen molar-refractivity contribution in [1.29, 1.82) is 0 Å². The highest BCUT2D eigenvalue weighted by atomic mass is 16.6. The number of nitrogens with zero attached hydrogens (tertiary/aromatic N) is 1. The highest BCUT2D eigenvalue weighted by molar-refractivity contribution is 5.92. The number of hydrogen-bond donors (Lipinski definition) is 2. The zero-order valence-corrected chi connectivity index (χ0v) is 21.9. The largest absolute Gasteiger partial charge is 0.444 e. The van der Waals surface area contributed by atoms with Gasteiger partial charge in [-0.1, -0.05) is 57.4 Å². The molecule has 1 aliphatic carbocycles. The number of nitrogens with one attached hydrogen (secondary N) is 2. The van der Waals surface area contributed by atoms with Crippen LogP contribution >= 0.6 is 0 Å². The number of ether oxygens (including phenoxy) is 1. The molecule has 1 saturated carbocycles. The summed E-state index contributed by atoms with van der Waals surface area (Å²) < 4.78 is 5.39. The van der Waals surface area contributed by atoms with Crippen LogP contribution in [-0.4, -0.2) is 47.5 Å². The van der Waals surface area contributed by atoms with E-state index >= 15 is 0 Å². The van der Waals surface area contributed by atoms with Gasteiger partial charge in [0, 0.05) is 13.1 Å². The van der Waals surface area contributed by atoms with Crippen LogP contribution in [0.2, 0.25) is 0 Å². The van der Waals surface area contributed by atoms with Crippen molar-refractivity contribution in [3.63, 3.8) is 0 Å². The SMILES string of the molecule is Cc1ccccc1C(C(=O)NC1CCCCC1)N(C)C(=O)C(CC(C)C)NC(=O)OC(C)(C)C. The number of aryl methyl sites for hydroxylation is 1. The number of benzene rings is 1. The van der Waals surface area contributed by atoms with Crippen LogP contribution in [-0.2, 0) is 14.3 Å². The van der Waals surface area contributed by atoms with E-state index in [1.165, 1.54) is 11.3 Å². The van der Waals surface area contributed by atoms with Crippen LogP contribution in [0, 0.1) is 12.8 Å². The van der Waals surface area contributed by atoms with Gasteiger partial charge < -0.3 is 20.3 Å². The minimum absolute atomic E-state index is 0.127. The maximum absolute atomic E-state index is 13.7. The van der Waals surface area contributed by atoms with Gasteiger partial charge in [0.2, 0.25) is 11.8 Å². The lowest BCUT2D eigenvalue weighted by atomic mass is 9.93. The van der Waals surface area contributed by atoms with E-state index in [1.807, 2.05) is 45.0 Å². The molecule has 2 unspecified atom stereocenters. The van der Waals surface area contributed by atoms with Gasteiger partial charge in [-0.25, -0.2) is 4.79 Å². The van der Waals surface area contributed by atoms with Crippen LogP contribution in [0.5, 0.6) is 0 Å². The zero-order valence-electron chi connectivity index (χ0n) is 21.9. The van der Waals surface area contributed by atoms with Gasteiger partial charge in [-0.15, -0.1) is 0 Å². The van der Waals surface area contributed by atoms with E-state index in [1.54, 1.807) is 27.8 Å². The number of rotatable bonds is 8. The summed E-state index contributed by atoms with van der Waals surface area (Å²) in [6, 6.07) is 6.18. The summed E-state index contributed by atoms with van der Waals surface area (Å²) in [7, 11) is 1.64. The molecule has 2 N–H and O–H groups in total. The van der Waals surface area contributed by atoms with Gasteiger partial charge >= 0.3 is 6.09 Å². The monoisotopic (exact) mass is 473 g/mol. The van der Waals surface area contributed by atoms with E-state index in [-0.39, 0.29) is 23.8 Å². The molecule has 34 heavy (non-hydrogen) atoms. The maximum atomic E-state index is 13.7. The molecule has 7 heteroatoms. The lowest BCUT2D eigenvalue weighted by Gasteiger charge is -2.34. The van der Waals surface area contributed by atoms with E-state index < -0.39 is 23.8 Å². The molecule has 0 heterocycles. The molecule has 0 bridgehead atoms. The van der Waals surface area contributed by atoms with E-state index in [2.05, 4.69) is 10.6 Å². The molecule has 1 aromatic carbocycles. The first kappa shape index (κ1) is 27.7. The number of amides is 3. The van der Waals surface area contributed by atoms with Crippen molar-refractivity contribution >= 4 is 17.9 Å². The Morgan fingerprint density at radius 3 is 2.26 bits per heavy atom. The Morgan fingerprint density at radius 1 is 1.09 bits per heavy atom. The van der Waals surface area contributed by atoms with Gasteiger partial charge in [0.1, 0.15) is 17.7 Å². The van der Waals surface area contributed by atoms with Crippen molar-refractivity contribution in [2.75, 3.05) is 7.05 Å². The average molecular weight is 474 g/mol. The molecule has 0 radical (unpaired) electrons. The quantitative estimate of drug-likeness (QED) is 0.563. The molecule has 0 aromatic heterocycles. The van der Waals surface area contributed by atoms with Crippen molar-refractivity contribution in [2.45, 2.75) is 104 Å². The van der Waals surface area contributed by atoms with Crippen molar-refractivity contribution in [2.24, 2.45) is 5.92 Å². The van der Waals surface area contributed by atoms with E-state index in [9.17, 15) is 14.4 Å². The third-order valence-electron chi connectivity index (χ3n) is 6.11. The fraction of sp³-hybridized carbons (Fsp3) is 0.667. The Morgan fingerprint density at radius 2 is 1.71 bits per heavy atom. The summed E-state index contributed by atoms with van der Waals surface area (Å²) in [5, 5.41) is 5.93. The second-order valence-electron chi connectivity index (χ2n) is 10.9. The predicted octanol–water partition coefficient (Wildman–Crippen LogP) is 4.88. The van der Waals surface area contributed by atoms with E-state index in [0.29, 0.717) is 6.42 Å². The highest BCUT2D eigenvalue weighted by Gasteiger charge is 2.35. The molecule has 1 aliphatic rings. The first-order valence-corrected chi connectivity index (χ1v) is 12.5. The van der Waals surface area contributed by atoms with Crippen LogP contribution < -0.4 is 10.6 Å². The molecule has 0 aliphatic heterocycles. The fourth-order valence-electron chi connectivity index (χ4n) is 4.46. The number of carbonyl (C=O) groups excluding carboxylic acids is 3. The molecular formula is C27H43N3O4. The van der Waals surface area contributed by atoms with Gasteiger partial charge in [-0.05, 0) is 64.0 Å². The van der Waals surface area contributed by atoms with E-state index in [4.69, 9.17) is 4.74 Å². The van der Waals surface area contributed by atoms with Crippen LogP contribution in [0.15, 0.2) is 24.3 Å². The number of alkyl carbamates (subject to hydrolysis) is 1. The molecule has 0 spiro atoms. The van der Waals surface area contributed by atoms with Crippen molar-refractivity contribution in [1.82, 2.24) is 15.5 Å². The zero-order chi connectivity index (χ0) is 25.5. The molecule has 2 rings (SSSR count). The third-order valence-corrected chi connectivity index (χ3v) is 6.11. The van der Waals surface area contributed by atoms with Crippen LogP contribution in [0.25, 0.3) is 0 Å². The second kappa shape index (κ2) is 12.2. The maximum Gasteiger partial charge on any atom is 0.408 e. The van der Waals surface area contributed by atoms with Gasteiger partial charge in [-0.2, -0.15) is 0 Å². The summed E-state index contributed by atoms with van der Waals surface area (Å²) in [6.07, 6.45) is 5.11. The lowest BCUT2D eigenvalue weighted by molar-refractivity contribution is -0.141. The van der Waals surface area contributed by atoms with Crippen LogP contribution in [0.4, 0.5) is 4.79 Å². The average Bonchev–Trinajstić information content (AvgIpc) is 2.73. The van der Waals surface area contributed by atoms with E-state index in [0.717, 1.165) is 36.8 Å². The van der Waals surface area contributed by atoms with Gasteiger partial charge in [0.05, 0.1) is 0 Å². The second-order valence-corrected chi connectivity index (χ2v) is 10.9. The highest BCUT2D eigenvalue weighted by Crippen LogP contribution is 2.26. The van der Waals surface area contributed by atoms with Crippen molar-refractivity contribution in [3.8, 4) is 0 Å². The minimum Gasteiger partial charge on any atom is -0.444 e. The molecule has 7 nitrogen and oxygen atoms in total. The number of hydrogen-bond acceptors (Lipinski definition) is 4. The molecule has 190 valence electrons. The van der Waals surface area contributed by atoms with Crippen molar-refractivity contribution < 1.29 is 19.1 Å².